The number of hydrogen-bond acceptors (Lipinski definition) is 2. The molecule has 0 aromatic carbocycles. The highest BCUT2D eigenvalue weighted by Gasteiger charge is 2.75. The van der Waals surface area contributed by atoms with Crippen LogP contribution in [0.4, 0.5) is 26.3 Å². The van der Waals surface area contributed by atoms with Crippen LogP contribution in [-0.4, -0.2) is 24.9 Å². The van der Waals surface area contributed by atoms with Crippen LogP contribution >= 0.6 is 0 Å². The summed E-state index contributed by atoms with van der Waals surface area (Å²) < 4.78 is 78.9. The molecule has 0 N–H and O–H groups in total. The lowest BCUT2D eigenvalue weighted by Crippen LogP contribution is -2.56. The van der Waals surface area contributed by atoms with Gasteiger partial charge >= 0.3 is 18.3 Å². The van der Waals surface area contributed by atoms with Gasteiger partial charge in [0, 0.05) is 0 Å². The number of esters is 1. The summed E-state index contributed by atoms with van der Waals surface area (Å²) in [6, 6.07) is 0. The first-order chi connectivity index (χ1) is 7.54. The molecule has 0 atom stereocenters. The van der Waals surface area contributed by atoms with Crippen molar-refractivity contribution in [1.82, 2.24) is 0 Å². The Labute approximate surface area is 93.2 Å². The zero-order valence-corrected chi connectivity index (χ0v) is 8.78. The Hall–Kier alpha value is -1.21. The summed E-state index contributed by atoms with van der Waals surface area (Å²) in [5.41, 5.74) is -4.48. The summed E-state index contributed by atoms with van der Waals surface area (Å²) in [4.78, 5) is 11.0. The van der Waals surface area contributed by atoms with Gasteiger partial charge in [0.2, 0.25) is 0 Å². The lowest BCUT2D eigenvalue weighted by atomic mass is 9.83. The van der Waals surface area contributed by atoms with Crippen molar-refractivity contribution >= 4 is 5.97 Å². The molecular formula is C9H10F6O2. The lowest BCUT2D eigenvalue weighted by Gasteiger charge is -2.33. The Morgan fingerprint density at radius 3 is 1.82 bits per heavy atom. The van der Waals surface area contributed by atoms with Crippen molar-refractivity contribution in [2.45, 2.75) is 25.7 Å². The maximum atomic E-state index is 12.5. The van der Waals surface area contributed by atoms with E-state index in [0.29, 0.717) is 6.92 Å². The monoisotopic (exact) mass is 264 g/mol. The van der Waals surface area contributed by atoms with Gasteiger partial charge in [0.05, 0.1) is 0 Å². The van der Waals surface area contributed by atoms with E-state index in [2.05, 4.69) is 11.3 Å². The highest BCUT2D eigenvalue weighted by molar-refractivity contribution is 5.79. The highest BCUT2D eigenvalue weighted by Crippen LogP contribution is 2.53. The molecule has 0 aliphatic carbocycles. The van der Waals surface area contributed by atoms with Gasteiger partial charge in [-0.05, 0) is 6.42 Å². The molecule has 0 aromatic heterocycles. The number of ether oxygens (including phenoxy) is 1. The average molecular weight is 264 g/mol. The van der Waals surface area contributed by atoms with E-state index in [1.807, 2.05) is 0 Å². The number of hydrogen-bond donors (Lipinski definition) is 0. The number of rotatable bonds is 4. The lowest BCUT2D eigenvalue weighted by molar-refractivity contribution is -0.333. The summed E-state index contributed by atoms with van der Waals surface area (Å²) in [5.74, 6) is -2.36. The Balaban J connectivity index is 5.52. The fourth-order valence-corrected chi connectivity index (χ4v) is 1.20. The molecule has 0 amide bonds. The van der Waals surface area contributed by atoms with Gasteiger partial charge in [0.1, 0.15) is 6.61 Å². The van der Waals surface area contributed by atoms with Crippen LogP contribution in [-0.2, 0) is 9.53 Å². The van der Waals surface area contributed by atoms with E-state index in [9.17, 15) is 31.1 Å². The van der Waals surface area contributed by atoms with E-state index in [4.69, 9.17) is 0 Å². The smallest absolute Gasteiger partial charge is 0.413 e. The van der Waals surface area contributed by atoms with Crippen LogP contribution in [0.3, 0.4) is 0 Å². The molecule has 0 saturated heterocycles. The van der Waals surface area contributed by atoms with Gasteiger partial charge in [-0.2, -0.15) is 26.3 Å². The molecule has 0 bridgehead atoms. The van der Waals surface area contributed by atoms with Crippen molar-refractivity contribution in [1.29, 1.82) is 0 Å². The first kappa shape index (κ1) is 15.8. The van der Waals surface area contributed by atoms with Crippen molar-refractivity contribution in [3.63, 3.8) is 0 Å². The Morgan fingerprint density at radius 1 is 1.18 bits per heavy atom. The number of halogens is 6. The molecule has 100 valence electrons. The van der Waals surface area contributed by atoms with Crippen molar-refractivity contribution in [3.05, 3.63) is 12.7 Å². The van der Waals surface area contributed by atoms with Crippen LogP contribution in [0.25, 0.3) is 0 Å². The molecule has 0 aromatic rings. The Kier molecular flexibility index (Phi) is 4.62. The fraction of sp³-hybridized carbons (Fsp3) is 0.667. The third-order valence-corrected chi connectivity index (χ3v) is 2.18. The molecule has 0 rings (SSSR count). The zero-order valence-electron chi connectivity index (χ0n) is 8.78. The quantitative estimate of drug-likeness (QED) is 0.442. The van der Waals surface area contributed by atoms with Crippen molar-refractivity contribution < 1.29 is 35.9 Å². The third kappa shape index (κ3) is 2.73. The molecule has 0 unspecified atom stereocenters. The maximum Gasteiger partial charge on any atom is 0.413 e. The second-order valence-electron chi connectivity index (χ2n) is 3.14. The zero-order chi connectivity index (χ0) is 13.9. The first-order valence-electron chi connectivity index (χ1n) is 4.46. The van der Waals surface area contributed by atoms with E-state index in [1.165, 1.54) is 0 Å². The summed E-state index contributed by atoms with van der Waals surface area (Å²) >= 11 is 0. The minimum atomic E-state index is -5.77. The summed E-state index contributed by atoms with van der Waals surface area (Å²) in [6.07, 6.45) is -12.1. The molecule has 0 fully saturated rings. The molecular weight excluding hydrogens is 254 g/mol. The number of carbonyl (C=O) groups is 1. The Morgan fingerprint density at radius 2 is 1.59 bits per heavy atom. The standard InChI is InChI=1S/C9H10F6O2/c1-3-5-17-6(16)7(4-2,8(10,11)12)9(13,14)15/h3H,1,4-5H2,2H3. The van der Waals surface area contributed by atoms with E-state index in [0.717, 1.165) is 6.08 Å². The van der Waals surface area contributed by atoms with E-state index in [1.54, 1.807) is 0 Å². The molecule has 0 aliphatic rings. The largest absolute Gasteiger partial charge is 0.461 e. The predicted molar refractivity (Wildman–Crippen MR) is 46.0 cm³/mol. The van der Waals surface area contributed by atoms with Gasteiger partial charge in [-0.3, -0.25) is 4.79 Å². The van der Waals surface area contributed by atoms with Gasteiger partial charge in [-0.15, -0.1) is 0 Å². The van der Waals surface area contributed by atoms with Crippen LogP contribution < -0.4 is 0 Å². The molecule has 0 heterocycles. The first-order valence-corrected chi connectivity index (χ1v) is 4.46. The van der Waals surface area contributed by atoms with Crippen LogP contribution in [0.2, 0.25) is 0 Å². The topological polar surface area (TPSA) is 26.3 Å². The second kappa shape index (κ2) is 4.97. The Bertz CT molecular complexity index is 277. The van der Waals surface area contributed by atoms with Gasteiger partial charge in [-0.25, -0.2) is 0 Å². The van der Waals surface area contributed by atoms with Crippen molar-refractivity contribution in [3.8, 4) is 0 Å². The molecule has 8 heteroatoms. The van der Waals surface area contributed by atoms with E-state index in [-0.39, 0.29) is 0 Å². The fourth-order valence-electron chi connectivity index (χ4n) is 1.20. The molecule has 2 nitrogen and oxygen atoms in total. The van der Waals surface area contributed by atoms with Gasteiger partial charge in [-0.1, -0.05) is 19.6 Å². The van der Waals surface area contributed by atoms with Crippen molar-refractivity contribution in [2.75, 3.05) is 6.61 Å². The predicted octanol–water partition coefficient (Wildman–Crippen LogP) is 3.24. The summed E-state index contributed by atoms with van der Waals surface area (Å²) in [5, 5.41) is 0. The SMILES string of the molecule is C=CCOC(=O)C(CC)(C(F)(F)F)C(F)(F)F. The van der Waals surface area contributed by atoms with Crippen LogP contribution in [0, 0.1) is 5.41 Å². The molecule has 0 spiro atoms. The highest BCUT2D eigenvalue weighted by atomic mass is 19.4. The van der Waals surface area contributed by atoms with Crippen LogP contribution in [0.1, 0.15) is 13.3 Å². The van der Waals surface area contributed by atoms with Gasteiger partial charge in [0.15, 0.2) is 0 Å². The average Bonchev–Trinajstić information content (AvgIpc) is 2.11. The van der Waals surface area contributed by atoms with Crippen molar-refractivity contribution in [2.24, 2.45) is 5.41 Å². The summed E-state index contributed by atoms with van der Waals surface area (Å²) in [6.45, 7) is 2.93. The van der Waals surface area contributed by atoms with Gasteiger partial charge in [0.25, 0.3) is 5.41 Å². The van der Waals surface area contributed by atoms with Gasteiger partial charge < -0.3 is 4.74 Å². The minimum Gasteiger partial charge on any atom is -0.461 e. The minimum absolute atomic E-state index is 0.621. The summed E-state index contributed by atoms with van der Waals surface area (Å²) in [7, 11) is 0. The normalized spacial score (nSPS) is 13.4. The van der Waals surface area contributed by atoms with E-state index >= 15 is 0 Å². The molecule has 0 aliphatic heterocycles. The number of carbonyl (C=O) groups excluding carboxylic acids is 1. The third-order valence-electron chi connectivity index (χ3n) is 2.18. The second-order valence-corrected chi connectivity index (χ2v) is 3.14. The molecule has 0 radical (unpaired) electrons. The maximum absolute atomic E-state index is 12.5. The van der Waals surface area contributed by atoms with Crippen LogP contribution in [0.5, 0.6) is 0 Å². The molecule has 17 heavy (non-hydrogen) atoms. The molecule has 0 saturated carbocycles. The van der Waals surface area contributed by atoms with Crippen LogP contribution in [0.15, 0.2) is 12.7 Å². The van der Waals surface area contributed by atoms with E-state index < -0.39 is 36.8 Å². The number of alkyl halides is 6.